The third kappa shape index (κ3) is 3.96. The highest BCUT2D eigenvalue weighted by Crippen LogP contribution is 2.28. The number of carbonyl (C=O) groups excluding carboxylic acids is 1. The molecule has 0 unspecified atom stereocenters. The maximum atomic E-state index is 13.3. The number of hydrogen-bond donors (Lipinski definition) is 1. The molecule has 1 N–H and O–H groups in total. The van der Waals surface area contributed by atoms with Crippen LogP contribution in [0.15, 0.2) is 84.9 Å². The van der Waals surface area contributed by atoms with Gasteiger partial charge in [-0.1, -0.05) is 48.5 Å². The van der Waals surface area contributed by atoms with Gasteiger partial charge >= 0.3 is 0 Å². The van der Waals surface area contributed by atoms with Crippen molar-refractivity contribution in [1.82, 2.24) is 9.78 Å². The van der Waals surface area contributed by atoms with Gasteiger partial charge in [-0.25, -0.2) is 4.68 Å². The van der Waals surface area contributed by atoms with Crippen LogP contribution < -0.4 is 10.1 Å². The molecule has 1 aromatic heterocycles. The monoisotopic (exact) mass is 397 g/mol. The normalized spacial score (nSPS) is 10.6. The second-order valence-electron chi connectivity index (χ2n) is 6.83. The van der Waals surface area contributed by atoms with E-state index in [0.717, 1.165) is 22.7 Å². The van der Waals surface area contributed by atoms with E-state index in [-0.39, 0.29) is 5.91 Å². The van der Waals surface area contributed by atoms with Crippen LogP contribution in [0, 0.1) is 6.92 Å². The third-order valence-electron chi connectivity index (χ3n) is 4.81. The fraction of sp³-hybridized carbons (Fsp3) is 0.120. The zero-order chi connectivity index (χ0) is 20.9. The van der Waals surface area contributed by atoms with Crippen molar-refractivity contribution in [2.75, 3.05) is 11.9 Å². The van der Waals surface area contributed by atoms with Crippen LogP contribution >= 0.6 is 0 Å². The van der Waals surface area contributed by atoms with E-state index in [0.29, 0.717) is 23.6 Å². The van der Waals surface area contributed by atoms with Crippen LogP contribution in [0.1, 0.15) is 23.0 Å². The van der Waals surface area contributed by atoms with E-state index >= 15 is 0 Å². The van der Waals surface area contributed by atoms with Gasteiger partial charge in [-0.05, 0) is 50.2 Å². The first-order valence-corrected chi connectivity index (χ1v) is 9.92. The Hall–Kier alpha value is -3.86. The summed E-state index contributed by atoms with van der Waals surface area (Å²) < 4.78 is 7.29. The molecule has 0 saturated heterocycles. The summed E-state index contributed by atoms with van der Waals surface area (Å²) in [4.78, 5) is 13.3. The van der Waals surface area contributed by atoms with Crippen molar-refractivity contribution in [1.29, 1.82) is 0 Å². The molecule has 0 fully saturated rings. The zero-order valence-electron chi connectivity index (χ0n) is 17.0. The minimum atomic E-state index is -0.197. The Balaban J connectivity index is 1.73. The minimum absolute atomic E-state index is 0.197. The summed E-state index contributed by atoms with van der Waals surface area (Å²) in [5, 5.41) is 7.78. The lowest BCUT2D eigenvalue weighted by atomic mass is 10.1. The van der Waals surface area contributed by atoms with Gasteiger partial charge in [0.15, 0.2) is 0 Å². The van der Waals surface area contributed by atoms with E-state index in [1.54, 1.807) is 0 Å². The number of nitrogens with one attached hydrogen (secondary N) is 1. The molecule has 30 heavy (non-hydrogen) atoms. The smallest absolute Gasteiger partial charge is 0.259 e. The lowest BCUT2D eigenvalue weighted by Gasteiger charge is -2.09. The van der Waals surface area contributed by atoms with Crippen LogP contribution in [0.4, 0.5) is 5.69 Å². The Kier molecular flexibility index (Phi) is 5.61. The van der Waals surface area contributed by atoms with Crippen molar-refractivity contribution in [3.63, 3.8) is 0 Å². The quantitative estimate of drug-likeness (QED) is 0.467. The fourth-order valence-electron chi connectivity index (χ4n) is 3.39. The number of rotatable bonds is 6. The first-order chi connectivity index (χ1) is 14.7. The molecule has 5 nitrogen and oxygen atoms in total. The van der Waals surface area contributed by atoms with Crippen LogP contribution in [0.3, 0.4) is 0 Å². The number of hydrogen-bond acceptors (Lipinski definition) is 3. The lowest BCUT2D eigenvalue weighted by molar-refractivity contribution is 0.102. The molecule has 0 aliphatic rings. The van der Waals surface area contributed by atoms with Crippen LogP contribution in [0.25, 0.3) is 16.9 Å². The van der Waals surface area contributed by atoms with Crippen molar-refractivity contribution in [2.45, 2.75) is 13.8 Å². The van der Waals surface area contributed by atoms with Crippen molar-refractivity contribution >= 4 is 11.6 Å². The number of para-hydroxylation sites is 1. The van der Waals surface area contributed by atoms with Crippen molar-refractivity contribution in [3.8, 4) is 22.7 Å². The highest BCUT2D eigenvalue weighted by molar-refractivity contribution is 6.09. The second kappa shape index (κ2) is 8.66. The number of ether oxygens (including phenoxy) is 1. The number of amides is 1. The number of carbonyl (C=O) groups is 1. The topological polar surface area (TPSA) is 56.1 Å². The van der Waals surface area contributed by atoms with Crippen molar-refractivity contribution in [2.24, 2.45) is 0 Å². The zero-order valence-corrected chi connectivity index (χ0v) is 17.0. The van der Waals surface area contributed by atoms with Crippen LogP contribution in [-0.2, 0) is 0 Å². The Bertz CT molecular complexity index is 1130. The van der Waals surface area contributed by atoms with Crippen molar-refractivity contribution < 1.29 is 9.53 Å². The van der Waals surface area contributed by atoms with E-state index in [9.17, 15) is 4.79 Å². The summed E-state index contributed by atoms with van der Waals surface area (Å²) in [6.45, 7) is 4.46. The van der Waals surface area contributed by atoms with Gasteiger partial charge in [-0.2, -0.15) is 5.10 Å². The van der Waals surface area contributed by atoms with Gasteiger partial charge in [-0.3, -0.25) is 4.79 Å². The maximum Gasteiger partial charge on any atom is 0.259 e. The van der Waals surface area contributed by atoms with Crippen LogP contribution in [0.5, 0.6) is 5.75 Å². The molecule has 1 heterocycles. The number of aromatic nitrogens is 2. The van der Waals surface area contributed by atoms with E-state index in [1.807, 2.05) is 103 Å². The molecule has 4 rings (SSSR count). The van der Waals surface area contributed by atoms with Gasteiger partial charge in [0.05, 0.1) is 23.6 Å². The number of nitrogens with zero attached hydrogens (tertiary/aromatic N) is 2. The lowest BCUT2D eigenvalue weighted by Crippen LogP contribution is -2.14. The predicted molar refractivity (Wildman–Crippen MR) is 119 cm³/mol. The molecular weight excluding hydrogens is 374 g/mol. The van der Waals surface area contributed by atoms with E-state index in [2.05, 4.69) is 5.32 Å². The molecule has 0 bridgehead atoms. The standard InChI is InChI=1S/C25H23N3O2/c1-3-30-22-16-14-20(15-17-22)26-25(29)23-18(2)28(21-12-8-5-9-13-21)27-24(23)19-10-6-4-7-11-19/h4-17H,3H2,1-2H3,(H,26,29). The van der Waals surface area contributed by atoms with Gasteiger partial charge in [0.25, 0.3) is 5.91 Å². The van der Waals surface area contributed by atoms with Gasteiger partial charge in [0, 0.05) is 11.3 Å². The molecule has 0 aliphatic heterocycles. The highest BCUT2D eigenvalue weighted by atomic mass is 16.5. The molecule has 0 radical (unpaired) electrons. The predicted octanol–water partition coefficient (Wildman–Crippen LogP) is 5.50. The second-order valence-corrected chi connectivity index (χ2v) is 6.83. The Morgan fingerprint density at radius 2 is 1.57 bits per heavy atom. The molecule has 1 amide bonds. The molecule has 0 spiro atoms. The van der Waals surface area contributed by atoms with Gasteiger partial charge in [0.1, 0.15) is 11.4 Å². The average molecular weight is 397 g/mol. The molecule has 0 atom stereocenters. The minimum Gasteiger partial charge on any atom is -0.494 e. The fourth-order valence-corrected chi connectivity index (χ4v) is 3.39. The highest BCUT2D eigenvalue weighted by Gasteiger charge is 2.23. The first-order valence-electron chi connectivity index (χ1n) is 9.92. The molecule has 150 valence electrons. The average Bonchev–Trinajstić information content (AvgIpc) is 3.14. The Morgan fingerprint density at radius 3 is 2.20 bits per heavy atom. The summed E-state index contributed by atoms with van der Waals surface area (Å²) in [5.41, 5.74) is 4.50. The first kappa shape index (κ1) is 19.5. The summed E-state index contributed by atoms with van der Waals surface area (Å²) in [6.07, 6.45) is 0. The summed E-state index contributed by atoms with van der Waals surface area (Å²) in [5.74, 6) is 0.575. The summed E-state index contributed by atoms with van der Waals surface area (Å²) in [7, 11) is 0. The largest absolute Gasteiger partial charge is 0.494 e. The van der Waals surface area contributed by atoms with Gasteiger partial charge < -0.3 is 10.1 Å². The summed E-state index contributed by atoms with van der Waals surface area (Å²) in [6, 6.07) is 26.9. The molecular formula is C25H23N3O2. The third-order valence-corrected chi connectivity index (χ3v) is 4.81. The molecule has 4 aromatic rings. The van der Waals surface area contributed by atoms with E-state index in [1.165, 1.54) is 0 Å². The SMILES string of the molecule is CCOc1ccc(NC(=O)c2c(-c3ccccc3)nn(-c3ccccc3)c2C)cc1. The maximum absolute atomic E-state index is 13.3. The molecule has 0 saturated carbocycles. The molecule has 0 aliphatic carbocycles. The number of anilines is 1. The van der Waals surface area contributed by atoms with E-state index < -0.39 is 0 Å². The van der Waals surface area contributed by atoms with Crippen LogP contribution in [-0.4, -0.2) is 22.3 Å². The summed E-state index contributed by atoms with van der Waals surface area (Å²) >= 11 is 0. The number of benzene rings is 3. The van der Waals surface area contributed by atoms with Crippen LogP contribution in [0.2, 0.25) is 0 Å². The van der Waals surface area contributed by atoms with E-state index in [4.69, 9.17) is 9.84 Å². The Morgan fingerprint density at radius 1 is 0.933 bits per heavy atom. The molecule has 5 heteroatoms. The Labute approximate surface area is 175 Å². The molecule has 3 aromatic carbocycles. The van der Waals surface area contributed by atoms with Crippen molar-refractivity contribution in [3.05, 3.63) is 96.2 Å². The van der Waals surface area contributed by atoms with Gasteiger partial charge in [0.2, 0.25) is 0 Å². The van der Waals surface area contributed by atoms with Gasteiger partial charge in [-0.15, -0.1) is 0 Å².